The molecule has 1 N–H and O–H groups in total. The van der Waals surface area contributed by atoms with Crippen LogP contribution in [0.15, 0.2) is 78.9 Å². The highest BCUT2D eigenvalue weighted by molar-refractivity contribution is 6.30. The van der Waals surface area contributed by atoms with Crippen LogP contribution in [-0.4, -0.2) is 38.5 Å². The SMILES string of the molecule is Cc1nn(-c2ccccc2)nc1C(=O)OC(C)(C)C(=O)N[C@@H](C)[C@@H](Cc1ccc(Cl)cc1)c1cccc(C#N)c1. The maximum Gasteiger partial charge on any atom is 0.361 e. The first-order valence-electron chi connectivity index (χ1n) is 12.9. The molecule has 0 saturated carbocycles. The van der Waals surface area contributed by atoms with Gasteiger partial charge in [-0.05, 0) is 81.6 Å². The number of benzene rings is 3. The van der Waals surface area contributed by atoms with Crippen molar-refractivity contribution in [3.8, 4) is 11.8 Å². The highest BCUT2D eigenvalue weighted by Crippen LogP contribution is 2.27. The minimum Gasteiger partial charge on any atom is -0.445 e. The van der Waals surface area contributed by atoms with Gasteiger partial charge in [0.05, 0.1) is 23.0 Å². The number of rotatable bonds is 9. The Morgan fingerprint density at radius 3 is 2.42 bits per heavy atom. The summed E-state index contributed by atoms with van der Waals surface area (Å²) >= 11 is 6.07. The van der Waals surface area contributed by atoms with Crippen LogP contribution in [0.5, 0.6) is 0 Å². The molecule has 0 aliphatic carbocycles. The van der Waals surface area contributed by atoms with E-state index < -0.39 is 17.5 Å². The van der Waals surface area contributed by atoms with Crippen molar-refractivity contribution in [3.05, 3.63) is 112 Å². The average Bonchev–Trinajstić information content (AvgIpc) is 3.34. The Hall–Kier alpha value is -4.48. The molecule has 1 heterocycles. The van der Waals surface area contributed by atoms with E-state index in [1.807, 2.05) is 79.7 Å². The second-order valence-corrected chi connectivity index (χ2v) is 10.5. The van der Waals surface area contributed by atoms with Gasteiger partial charge in [-0.3, -0.25) is 4.79 Å². The molecule has 8 nitrogen and oxygen atoms in total. The zero-order valence-electron chi connectivity index (χ0n) is 22.8. The Bertz CT molecular complexity index is 1540. The molecule has 9 heteroatoms. The van der Waals surface area contributed by atoms with Crippen molar-refractivity contribution in [3.63, 3.8) is 0 Å². The Morgan fingerprint density at radius 2 is 1.75 bits per heavy atom. The maximum absolute atomic E-state index is 13.4. The highest BCUT2D eigenvalue weighted by Gasteiger charge is 2.36. The first-order chi connectivity index (χ1) is 19.1. The first-order valence-corrected chi connectivity index (χ1v) is 13.2. The van der Waals surface area contributed by atoms with Crippen molar-refractivity contribution in [2.75, 3.05) is 0 Å². The van der Waals surface area contributed by atoms with Crippen molar-refractivity contribution in [2.45, 2.75) is 51.7 Å². The number of ether oxygens (including phenoxy) is 1. The van der Waals surface area contributed by atoms with Crippen LogP contribution in [0, 0.1) is 18.3 Å². The summed E-state index contributed by atoms with van der Waals surface area (Å²) in [6, 6.07) is 25.9. The van der Waals surface area contributed by atoms with E-state index in [1.165, 1.54) is 18.6 Å². The number of nitriles is 1. The molecule has 3 aromatic carbocycles. The number of nitrogens with one attached hydrogen (secondary N) is 1. The molecule has 0 bridgehead atoms. The number of carbonyl (C=O) groups is 2. The predicted octanol–water partition coefficient (Wildman–Crippen LogP) is 5.57. The van der Waals surface area contributed by atoms with Gasteiger partial charge in [0, 0.05) is 17.0 Å². The molecule has 0 spiro atoms. The molecular weight excluding hydrogens is 526 g/mol. The lowest BCUT2D eigenvalue weighted by molar-refractivity contribution is -0.138. The molecule has 40 heavy (non-hydrogen) atoms. The summed E-state index contributed by atoms with van der Waals surface area (Å²) in [5, 5.41) is 21.7. The number of para-hydroxylation sites is 1. The number of nitrogens with zero attached hydrogens (tertiary/aromatic N) is 4. The van der Waals surface area contributed by atoms with Crippen LogP contribution in [0.1, 0.15) is 59.6 Å². The van der Waals surface area contributed by atoms with Crippen LogP contribution in [0.4, 0.5) is 0 Å². The number of amides is 1. The zero-order valence-corrected chi connectivity index (χ0v) is 23.5. The van der Waals surface area contributed by atoms with Crippen molar-refractivity contribution < 1.29 is 14.3 Å². The van der Waals surface area contributed by atoms with Crippen molar-refractivity contribution in [2.24, 2.45) is 0 Å². The fourth-order valence-electron chi connectivity index (χ4n) is 4.35. The highest BCUT2D eigenvalue weighted by atomic mass is 35.5. The minimum absolute atomic E-state index is 0.0340. The second kappa shape index (κ2) is 12.1. The number of aromatic nitrogens is 3. The molecule has 0 unspecified atom stereocenters. The largest absolute Gasteiger partial charge is 0.445 e. The molecule has 204 valence electrons. The quantitative estimate of drug-likeness (QED) is 0.270. The fraction of sp³-hybridized carbons (Fsp3) is 0.258. The first kappa shape index (κ1) is 28.5. The van der Waals surface area contributed by atoms with Crippen molar-refractivity contribution >= 4 is 23.5 Å². The van der Waals surface area contributed by atoms with Gasteiger partial charge in [0.1, 0.15) is 0 Å². The fourth-order valence-corrected chi connectivity index (χ4v) is 4.47. The molecule has 0 aliphatic rings. The number of hydrogen-bond donors (Lipinski definition) is 1. The molecule has 2 atom stereocenters. The molecule has 4 rings (SSSR count). The topological polar surface area (TPSA) is 110 Å². The minimum atomic E-state index is -1.49. The van der Waals surface area contributed by atoms with Crippen LogP contribution < -0.4 is 5.32 Å². The predicted molar refractivity (Wildman–Crippen MR) is 152 cm³/mol. The summed E-state index contributed by atoms with van der Waals surface area (Å²) in [6.07, 6.45) is 0.593. The third-order valence-electron chi connectivity index (χ3n) is 6.63. The van der Waals surface area contributed by atoms with Crippen LogP contribution >= 0.6 is 11.6 Å². The molecule has 1 amide bonds. The normalized spacial score (nSPS) is 12.7. The van der Waals surface area contributed by atoms with Crippen molar-refractivity contribution in [1.29, 1.82) is 5.26 Å². The van der Waals surface area contributed by atoms with Crippen LogP contribution in [0.3, 0.4) is 0 Å². The molecule has 0 saturated heterocycles. The summed E-state index contributed by atoms with van der Waals surface area (Å²) in [7, 11) is 0. The number of halogens is 1. The maximum atomic E-state index is 13.4. The van der Waals surface area contributed by atoms with Gasteiger partial charge >= 0.3 is 5.97 Å². The van der Waals surface area contributed by atoms with Gasteiger partial charge in [-0.2, -0.15) is 15.2 Å². The Labute approximate surface area is 238 Å². The standard InChI is InChI=1S/C31H30ClN5O3/c1-20(27(18-22-13-15-25(32)16-14-22)24-10-8-9-23(17-24)19-33)34-30(39)31(3,4)40-29(38)28-21(2)35-37(36-28)26-11-6-5-7-12-26/h5-17,20,27H,18H2,1-4H3,(H,34,39)/t20-,27+/m0/s1. The van der Waals surface area contributed by atoms with E-state index in [2.05, 4.69) is 21.6 Å². The lowest BCUT2D eigenvalue weighted by atomic mass is 9.85. The molecule has 1 aromatic heterocycles. The van der Waals surface area contributed by atoms with Gasteiger partial charge in [0.15, 0.2) is 11.3 Å². The van der Waals surface area contributed by atoms with Gasteiger partial charge in [0.25, 0.3) is 5.91 Å². The van der Waals surface area contributed by atoms with E-state index in [0.29, 0.717) is 28.4 Å². The van der Waals surface area contributed by atoms with Gasteiger partial charge in [0.2, 0.25) is 0 Å². The van der Waals surface area contributed by atoms with E-state index >= 15 is 0 Å². The number of esters is 1. The number of hydrogen-bond acceptors (Lipinski definition) is 6. The van der Waals surface area contributed by atoms with E-state index in [-0.39, 0.29) is 17.7 Å². The van der Waals surface area contributed by atoms with Gasteiger partial charge in [-0.25, -0.2) is 4.79 Å². The van der Waals surface area contributed by atoms with Crippen LogP contribution in [0.2, 0.25) is 5.02 Å². The van der Waals surface area contributed by atoms with E-state index in [4.69, 9.17) is 16.3 Å². The molecular formula is C31H30ClN5O3. The summed E-state index contributed by atoms with van der Waals surface area (Å²) in [6.45, 7) is 6.63. The Balaban J connectivity index is 1.51. The van der Waals surface area contributed by atoms with Crippen LogP contribution in [0.25, 0.3) is 5.69 Å². The van der Waals surface area contributed by atoms with Crippen LogP contribution in [-0.2, 0) is 16.0 Å². The lowest BCUT2D eigenvalue weighted by Crippen LogP contribution is -2.50. The smallest absolute Gasteiger partial charge is 0.361 e. The summed E-state index contributed by atoms with van der Waals surface area (Å²) in [5.41, 5.74) is 2.09. The van der Waals surface area contributed by atoms with E-state index in [9.17, 15) is 14.9 Å². The summed E-state index contributed by atoms with van der Waals surface area (Å²) < 4.78 is 5.65. The van der Waals surface area contributed by atoms with Gasteiger partial charge in [-0.1, -0.05) is 54.1 Å². The second-order valence-electron chi connectivity index (χ2n) is 10.1. The number of aryl methyl sites for hydroxylation is 1. The molecule has 4 aromatic rings. The molecule has 0 radical (unpaired) electrons. The molecule has 0 fully saturated rings. The zero-order chi connectivity index (χ0) is 28.9. The third-order valence-corrected chi connectivity index (χ3v) is 6.88. The number of carbonyl (C=O) groups excluding carboxylic acids is 2. The van der Waals surface area contributed by atoms with Gasteiger partial charge in [-0.15, -0.1) is 5.10 Å². The van der Waals surface area contributed by atoms with E-state index in [1.54, 1.807) is 13.0 Å². The molecule has 0 aliphatic heterocycles. The summed E-state index contributed by atoms with van der Waals surface area (Å²) in [4.78, 5) is 27.8. The Morgan fingerprint density at radius 1 is 1.05 bits per heavy atom. The Kier molecular flexibility index (Phi) is 8.66. The van der Waals surface area contributed by atoms with Crippen molar-refractivity contribution in [1.82, 2.24) is 20.3 Å². The lowest BCUT2D eigenvalue weighted by Gasteiger charge is -2.30. The van der Waals surface area contributed by atoms with Gasteiger partial charge < -0.3 is 10.1 Å². The third kappa shape index (κ3) is 6.74. The van der Waals surface area contributed by atoms with E-state index in [0.717, 1.165) is 11.1 Å². The average molecular weight is 556 g/mol. The summed E-state index contributed by atoms with van der Waals surface area (Å²) in [5.74, 6) is -1.37. The monoisotopic (exact) mass is 555 g/mol.